The van der Waals surface area contributed by atoms with E-state index in [1.165, 1.54) is 5.56 Å². The fourth-order valence-corrected chi connectivity index (χ4v) is 4.25. The first-order chi connectivity index (χ1) is 11.6. The number of aryl methyl sites for hydroxylation is 1. The Hall–Kier alpha value is -1.43. The third kappa shape index (κ3) is 3.89. The zero-order valence-electron chi connectivity index (χ0n) is 15.0. The Morgan fingerprint density at radius 3 is 2.44 bits per heavy atom. The Bertz CT molecular complexity index is 696. The molecule has 6 heteroatoms. The molecular formula is C19H26ClN3OS. The van der Waals surface area contributed by atoms with Crippen molar-refractivity contribution in [1.29, 1.82) is 0 Å². The molecule has 2 aromatic rings. The van der Waals surface area contributed by atoms with E-state index >= 15 is 0 Å². The first kappa shape index (κ1) is 19.9. The van der Waals surface area contributed by atoms with Crippen LogP contribution in [0.2, 0.25) is 0 Å². The first-order valence-electron chi connectivity index (χ1n) is 8.51. The first-order valence-corrected chi connectivity index (χ1v) is 9.39. The number of benzene rings is 1. The summed E-state index contributed by atoms with van der Waals surface area (Å²) >= 11 is 1.71. The van der Waals surface area contributed by atoms with Gasteiger partial charge >= 0.3 is 0 Å². The van der Waals surface area contributed by atoms with Crippen LogP contribution >= 0.6 is 23.7 Å². The lowest BCUT2D eigenvalue weighted by molar-refractivity contribution is -0.134. The van der Waals surface area contributed by atoms with Gasteiger partial charge in [-0.05, 0) is 39.3 Å². The lowest BCUT2D eigenvalue weighted by Crippen LogP contribution is -2.50. The lowest BCUT2D eigenvalue weighted by Gasteiger charge is -2.42. The van der Waals surface area contributed by atoms with Crippen LogP contribution in [0.5, 0.6) is 0 Å². The highest BCUT2D eigenvalue weighted by Gasteiger charge is 2.41. The van der Waals surface area contributed by atoms with Gasteiger partial charge in [-0.3, -0.25) is 4.79 Å². The molecule has 1 aliphatic rings. The van der Waals surface area contributed by atoms with Gasteiger partial charge in [-0.25, -0.2) is 4.98 Å². The van der Waals surface area contributed by atoms with Crippen molar-refractivity contribution in [2.45, 2.75) is 38.1 Å². The number of hydrogen-bond donors (Lipinski definition) is 1. The molecule has 0 spiro atoms. The molecule has 0 bridgehead atoms. The molecule has 1 N–H and O–H groups in total. The molecule has 4 nitrogen and oxygen atoms in total. The monoisotopic (exact) mass is 379 g/mol. The van der Waals surface area contributed by atoms with Crippen molar-refractivity contribution in [2.24, 2.45) is 0 Å². The normalized spacial score (nSPS) is 17.6. The second kappa shape index (κ2) is 8.30. The minimum absolute atomic E-state index is 0. The summed E-state index contributed by atoms with van der Waals surface area (Å²) in [6, 6.07) is 10.5. The summed E-state index contributed by atoms with van der Waals surface area (Å²) in [6.45, 7) is 5.53. The van der Waals surface area contributed by atoms with E-state index in [1.54, 1.807) is 11.3 Å². The maximum absolute atomic E-state index is 12.5. The highest BCUT2D eigenvalue weighted by Crippen LogP contribution is 2.42. The number of rotatable bonds is 4. The summed E-state index contributed by atoms with van der Waals surface area (Å²) < 4.78 is 0. The predicted molar refractivity (Wildman–Crippen MR) is 106 cm³/mol. The summed E-state index contributed by atoms with van der Waals surface area (Å²) in [5.74, 6) is 0.189. The maximum atomic E-state index is 12.5. The molecule has 1 amide bonds. The molecule has 2 heterocycles. The minimum atomic E-state index is -0.129. The van der Waals surface area contributed by atoms with E-state index in [0.29, 0.717) is 0 Å². The fourth-order valence-electron chi connectivity index (χ4n) is 3.54. The number of hydrogen-bond acceptors (Lipinski definition) is 4. The van der Waals surface area contributed by atoms with E-state index in [4.69, 9.17) is 4.98 Å². The Kier molecular flexibility index (Phi) is 6.60. The molecule has 1 saturated heterocycles. The SMILES string of the molecule is CN[C@@H](C)C(=O)N1CCC(c2ccccc2)(c2csc(C)n2)CC1.Cl. The Balaban J connectivity index is 0.00000225. The van der Waals surface area contributed by atoms with Gasteiger partial charge in [0.2, 0.25) is 5.91 Å². The van der Waals surface area contributed by atoms with Crippen LogP contribution in [0, 0.1) is 6.92 Å². The quantitative estimate of drug-likeness (QED) is 0.885. The van der Waals surface area contributed by atoms with Crippen LogP contribution in [0.15, 0.2) is 35.7 Å². The Morgan fingerprint density at radius 2 is 1.92 bits per heavy atom. The van der Waals surface area contributed by atoms with Gasteiger partial charge in [0.25, 0.3) is 0 Å². The van der Waals surface area contributed by atoms with Crippen molar-refractivity contribution < 1.29 is 4.79 Å². The van der Waals surface area contributed by atoms with E-state index in [2.05, 4.69) is 48.0 Å². The topological polar surface area (TPSA) is 45.2 Å². The number of likely N-dealkylation sites (tertiary alicyclic amines) is 1. The number of likely N-dealkylation sites (N-methyl/N-ethyl adjacent to an activating group) is 1. The molecule has 1 aromatic carbocycles. The maximum Gasteiger partial charge on any atom is 0.239 e. The molecule has 0 radical (unpaired) electrons. The average Bonchev–Trinajstić information content (AvgIpc) is 3.08. The number of aromatic nitrogens is 1. The van der Waals surface area contributed by atoms with Crippen LogP contribution in [0.1, 0.15) is 36.0 Å². The van der Waals surface area contributed by atoms with Gasteiger partial charge < -0.3 is 10.2 Å². The van der Waals surface area contributed by atoms with Crippen molar-refractivity contribution in [3.05, 3.63) is 52.0 Å². The molecule has 1 fully saturated rings. The van der Waals surface area contributed by atoms with Gasteiger partial charge in [0.15, 0.2) is 0 Å². The van der Waals surface area contributed by atoms with Crippen LogP contribution in [0.4, 0.5) is 0 Å². The number of piperidine rings is 1. The fraction of sp³-hybridized carbons (Fsp3) is 0.474. The number of thiazole rings is 1. The van der Waals surface area contributed by atoms with Gasteiger partial charge in [0, 0.05) is 23.9 Å². The van der Waals surface area contributed by atoms with E-state index in [-0.39, 0.29) is 29.8 Å². The average molecular weight is 380 g/mol. The van der Waals surface area contributed by atoms with Gasteiger partial charge in [-0.1, -0.05) is 30.3 Å². The van der Waals surface area contributed by atoms with E-state index in [1.807, 2.05) is 18.9 Å². The summed E-state index contributed by atoms with van der Waals surface area (Å²) in [5.41, 5.74) is 2.39. The minimum Gasteiger partial charge on any atom is -0.341 e. The molecule has 0 aliphatic carbocycles. The molecule has 25 heavy (non-hydrogen) atoms. The van der Waals surface area contributed by atoms with Crippen molar-refractivity contribution in [3.63, 3.8) is 0 Å². The van der Waals surface area contributed by atoms with Crippen molar-refractivity contribution in [1.82, 2.24) is 15.2 Å². The highest BCUT2D eigenvalue weighted by atomic mass is 35.5. The molecule has 3 rings (SSSR count). The zero-order valence-corrected chi connectivity index (χ0v) is 16.6. The van der Waals surface area contributed by atoms with Crippen molar-refractivity contribution >= 4 is 29.7 Å². The van der Waals surface area contributed by atoms with Crippen LogP contribution in [0.25, 0.3) is 0 Å². The standard InChI is InChI=1S/C19H25N3OS.ClH/c1-14(20-3)18(23)22-11-9-19(10-12-22,16-7-5-4-6-8-16)17-13-24-15(2)21-17;/h4-8,13-14,20H,9-12H2,1-3H3;1H/t14-;/m0./s1. The van der Waals surface area contributed by atoms with Crippen molar-refractivity contribution in [2.75, 3.05) is 20.1 Å². The number of nitrogens with zero attached hydrogens (tertiary/aromatic N) is 2. The summed E-state index contributed by atoms with van der Waals surface area (Å²) in [5, 5.41) is 6.34. The molecule has 1 atom stereocenters. The molecular weight excluding hydrogens is 354 g/mol. The summed E-state index contributed by atoms with van der Waals surface area (Å²) in [6.07, 6.45) is 1.84. The summed E-state index contributed by atoms with van der Waals surface area (Å²) in [7, 11) is 1.83. The van der Waals surface area contributed by atoms with Gasteiger partial charge in [0.05, 0.1) is 16.7 Å². The molecule has 0 saturated carbocycles. The number of amides is 1. The lowest BCUT2D eigenvalue weighted by atomic mass is 9.70. The van der Waals surface area contributed by atoms with Crippen molar-refractivity contribution in [3.8, 4) is 0 Å². The van der Waals surface area contributed by atoms with E-state index in [9.17, 15) is 4.79 Å². The second-order valence-corrected chi connectivity index (χ2v) is 7.60. The Labute approximate surface area is 160 Å². The van der Waals surface area contributed by atoms with Gasteiger partial charge in [-0.2, -0.15) is 0 Å². The second-order valence-electron chi connectivity index (χ2n) is 6.54. The molecule has 1 aliphatic heterocycles. The number of halogens is 1. The van der Waals surface area contributed by atoms with E-state index < -0.39 is 0 Å². The van der Waals surface area contributed by atoms with Crippen LogP contribution in [-0.2, 0) is 10.2 Å². The third-order valence-electron chi connectivity index (χ3n) is 5.17. The van der Waals surface area contributed by atoms with Crippen LogP contribution in [-0.4, -0.2) is 42.0 Å². The smallest absolute Gasteiger partial charge is 0.239 e. The number of carbonyl (C=O) groups is 1. The predicted octanol–water partition coefficient (Wildman–Crippen LogP) is 3.39. The van der Waals surface area contributed by atoms with Crippen LogP contribution in [0.3, 0.4) is 0 Å². The zero-order chi connectivity index (χ0) is 17.2. The van der Waals surface area contributed by atoms with Gasteiger partial charge in [0.1, 0.15) is 0 Å². The molecule has 0 unspecified atom stereocenters. The highest BCUT2D eigenvalue weighted by molar-refractivity contribution is 7.09. The number of carbonyl (C=O) groups excluding carboxylic acids is 1. The third-order valence-corrected chi connectivity index (χ3v) is 5.94. The molecule has 1 aromatic heterocycles. The van der Waals surface area contributed by atoms with Crippen LogP contribution < -0.4 is 5.32 Å². The summed E-state index contributed by atoms with van der Waals surface area (Å²) in [4.78, 5) is 19.3. The largest absolute Gasteiger partial charge is 0.341 e. The Morgan fingerprint density at radius 1 is 1.28 bits per heavy atom. The number of nitrogens with one attached hydrogen (secondary N) is 1. The van der Waals surface area contributed by atoms with Gasteiger partial charge in [-0.15, -0.1) is 23.7 Å². The molecule has 136 valence electrons. The van der Waals surface area contributed by atoms with E-state index in [0.717, 1.165) is 36.6 Å².